The van der Waals surface area contributed by atoms with Crippen molar-refractivity contribution in [3.8, 4) is 0 Å². The van der Waals surface area contributed by atoms with Crippen LogP contribution in [0, 0.1) is 4.91 Å². The van der Waals surface area contributed by atoms with Crippen LogP contribution < -0.4 is 5.32 Å². The molecule has 0 radical (unpaired) electrons. The summed E-state index contributed by atoms with van der Waals surface area (Å²) >= 11 is 0. The van der Waals surface area contributed by atoms with Gasteiger partial charge in [-0.05, 0) is 23.6 Å². The topological polar surface area (TPSA) is 58.5 Å². The van der Waals surface area contributed by atoms with Crippen molar-refractivity contribution in [3.63, 3.8) is 0 Å². The van der Waals surface area contributed by atoms with E-state index in [1.165, 1.54) is 5.56 Å². The summed E-state index contributed by atoms with van der Waals surface area (Å²) in [5, 5.41) is 5.09. The molecule has 0 atom stereocenters. The van der Waals surface area contributed by atoms with Gasteiger partial charge in [0.1, 0.15) is 0 Å². The number of rotatable bonds is 4. The first-order valence-corrected chi connectivity index (χ1v) is 4.82. The second-order valence-corrected chi connectivity index (χ2v) is 3.61. The highest BCUT2D eigenvalue weighted by molar-refractivity contribution is 5.92. The highest BCUT2D eigenvalue weighted by atomic mass is 16.3. The predicted octanol–water partition coefficient (Wildman–Crippen LogP) is 2.51. The highest BCUT2D eigenvalue weighted by Crippen LogP contribution is 2.16. The van der Waals surface area contributed by atoms with Gasteiger partial charge in [0.05, 0.1) is 0 Å². The number of nitroso groups, excluding NO2 is 1. The van der Waals surface area contributed by atoms with Crippen LogP contribution in [-0.2, 0) is 4.79 Å². The van der Waals surface area contributed by atoms with Crippen LogP contribution in [0.15, 0.2) is 29.4 Å². The molecule has 0 bridgehead atoms. The van der Waals surface area contributed by atoms with E-state index in [9.17, 15) is 9.70 Å². The lowest BCUT2D eigenvalue weighted by atomic mass is 10.0. The van der Waals surface area contributed by atoms with Gasteiger partial charge in [-0.3, -0.25) is 4.79 Å². The molecule has 4 nitrogen and oxygen atoms in total. The Bertz CT molecular complexity index is 344. The fourth-order valence-corrected chi connectivity index (χ4v) is 1.21. The molecule has 0 heterocycles. The van der Waals surface area contributed by atoms with Crippen molar-refractivity contribution < 1.29 is 4.79 Å². The summed E-state index contributed by atoms with van der Waals surface area (Å²) in [6, 6.07) is 7.54. The maximum atomic E-state index is 11.0. The minimum Gasteiger partial charge on any atom is -0.324 e. The molecule has 1 rings (SSSR count). The zero-order valence-corrected chi connectivity index (χ0v) is 8.86. The van der Waals surface area contributed by atoms with Gasteiger partial charge in [-0.2, -0.15) is 4.91 Å². The van der Waals surface area contributed by atoms with Crippen molar-refractivity contribution in [1.29, 1.82) is 0 Å². The summed E-state index contributed by atoms with van der Waals surface area (Å²) < 4.78 is 0. The van der Waals surface area contributed by atoms with Gasteiger partial charge in [0.2, 0.25) is 5.91 Å². The van der Waals surface area contributed by atoms with E-state index in [4.69, 9.17) is 0 Å². The van der Waals surface area contributed by atoms with E-state index >= 15 is 0 Å². The number of carbonyl (C=O) groups excluding carboxylic acids is 1. The molecule has 0 saturated heterocycles. The van der Waals surface area contributed by atoms with Gasteiger partial charge in [-0.25, -0.2) is 0 Å². The van der Waals surface area contributed by atoms with E-state index in [1.807, 2.05) is 24.3 Å². The molecule has 4 heteroatoms. The van der Waals surface area contributed by atoms with Gasteiger partial charge in [0.25, 0.3) is 0 Å². The summed E-state index contributed by atoms with van der Waals surface area (Å²) in [5.41, 5.74) is 1.90. The van der Waals surface area contributed by atoms with Crippen molar-refractivity contribution in [2.75, 3.05) is 11.9 Å². The van der Waals surface area contributed by atoms with Gasteiger partial charge < -0.3 is 5.32 Å². The maximum absolute atomic E-state index is 11.0. The molecule has 0 spiro atoms. The van der Waals surface area contributed by atoms with Gasteiger partial charge >= 0.3 is 0 Å². The van der Waals surface area contributed by atoms with E-state index < -0.39 is 0 Å². The number of anilines is 1. The van der Waals surface area contributed by atoms with E-state index in [0.29, 0.717) is 11.6 Å². The standard InChI is InChI=1S/C11H14N2O2/c1-8(2)9-3-5-10(6-4-9)13-11(14)7-12-15/h3-6,8H,7H2,1-2H3,(H,13,14). The molecule has 1 aromatic rings. The maximum Gasteiger partial charge on any atom is 0.249 e. The quantitative estimate of drug-likeness (QED) is 0.769. The molecular weight excluding hydrogens is 192 g/mol. The van der Waals surface area contributed by atoms with Crippen molar-refractivity contribution in [2.45, 2.75) is 19.8 Å². The average Bonchev–Trinajstić information content (AvgIpc) is 2.18. The molecule has 0 fully saturated rings. The van der Waals surface area contributed by atoms with Gasteiger partial charge in [-0.1, -0.05) is 31.2 Å². The van der Waals surface area contributed by atoms with Crippen LogP contribution in [0.5, 0.6) is 0 Å². The molecule has 1 aromatic carbocycles. The second-order valence-electron chi connectivity index (χ2n) is 3.61. The summed E-state index contributed by atoms with van der Waals surface area (Å²) in [6.45, 7) is 3.86. The SMILES string of the molecule is CC(C)c1ccc(NC(=O)CN=O)cc1. The van der Waals surface area contributed by atoms with Crippen molar-refractivity contribution >= 4 is 11.6 Å². The van der Waals surface area contributed by atoms with E-state index in [1.54, 1.807) is 0 Å². The van der Waals surface area contributed by atoms with Gasteiger partial charge in [0.15, 0.2) is 6.54 Å². The van der Waals surface area contributed by atoms with E-state index in [2.05, 4.69) is 24.3 Å². The number of hydrogen-bond acceptors (Lipinski definition) is 3. The van der Waals surface area contributed by atoms with Crippen LogP contribution in [0.1, 0.15) is 25.3 Å². The number of benzene rings is 1. The Morgan fingerprint density at radius 2 is 1.93 bits per heavy atom. The summed E-state index contributed by atoms with van der Waals surface area (Å²) in [7, 11) is 0. The van der Waals surface area contributed by atoms with Crippen LogP contribution in [0.3, 0.4) is 0 Å². The molecule has 15 heavy (non-hydrogen) atoms. The van der Waals surface area contributed by atoms with Crippen LogP contribution >= 0.6 is 0 Å². The number of nitrogens with zero attached hydrogens (tertiary/aromatic N) is 1. The smallest absolute Gasteiger partial charge is 0.249 e. The van der Waals surface area contributed by atoms with Gasteiger partial charge in [0, 0.05) is 5.69 Å². The lowest BCUT2D eigenvalue weighted by Crippen LogP contribution is -2.14. The minimum atomic E-state index is -0.387. The Balaban J connectivity index is 2.64. The minimum absolute atomic E-state index is 0.341. The molecule has 0 aliphatic rings. The number of carbonyl (C=O) groups is 1. The van der Waals surface area contributed by atoms with Crippen LogP contribution in [0.2, 0.25) is 0 Å². The first-order chi connectivity index (χ1) is 7.13. The summed E-state index contributed by atoms with van der Waals surface area (Å²) in [6.07, 6.45) is 0. The van der Waals surface area contributed by atoms with Gasteiger partial charge in [-0.15, -0.1) is 0 Å². The van der Waals surface area contributed by atoms with Crippen LogP contribution in [-0.4, -0.2) is 12.5 Å². The van der Waals surface area contributed by atoms with Crippen molar-refractivity contribution in [2.24, 2.45) is 5.18 Å². The molecule has 0 aliphatic heterocycles. The van der Waals surface area contributed by atoms with E-state index in [0.717, 1.165) is 0 Å². The predicted molar refractivity (Wildman–Crippen MR) is 59.8 cm³/mol. The Morgan fingerprint density at radius 3 is 2.40 bits per heavy atom. The molecule has 0 aliphatic carbocycles. The Kier molecular flexibility index (Phi) is 3.97. The Labute approximate surface area is 88.7 Å². The number of amides is 1. The third-order valence-electron chi connectivity index (χ3n) is 2.07. The first-order valence-electron chi connectivity index (χ1n) is 4.82. The first kappa shape index (κ1) is 11.4. The third-order valence-corrected chi connectivity index (χ3v) is 2.07. The Hall–Kier alpha value is -1.71. The molecule has 0 aromatic heterocycles. The molecular formula is C11H14N2O2. The number of hydrogen-bond donors (Lipinski definition) is 1. The van der Waals surface area contributed by atoms with Crippen LogP contribution in [0.4, 0.5) is 5.69 Å². The van der Waals surface area contributed by atoms with Crippen molar-refractivity contribution in [1.82, 2.24) is 0 Å². The molecule has 80 valence electrons. The molecule has 0 saturated carbocycles. The van der Waals surface area contributed by atoms with Crippen LogP contribution in [0.25, 0.3) is 0 Å². The zero-order chi connectivity index (χ0) is 11.3. The molecule has 1 N–H and O–H groups in total. The highest BCUT2D eigenvalue weighted by Gasteiger charge is 2.02. The monoisotopic (exact) mass is 206 g/mol. The molecule has 0 unspecified atom stereocenters. The molecule has 1 amide bonds. The summed E-state index contributed by atoms with van der Waals surface area (Å²) in [5.74, 6) is 0.0775. The normalized spacial score (nSPS) is 10.1. The lowest BCUT2D eigenvalue weighted by molar-refractivity contribution is -0.114. The Morgan fingerprint density at radius 1 is 1.33 bits per heavy atom. The largest absolute Gasteiger partial charge is 0.324 e. The van der Waals surface area contributed by atoms with E-state index in [-0.39, 0.29) is 12.5 Å². The lowest BCUT2D eigenvalue weighted by Gasteiger charge is -2.07. The fourth-order valence-electron chi connectivity index (χ4n) is 1.21. The average molecular weight is 206 g/mol. The third kappa shape index (κ3) is 3.50. The zero-order valence-electron chi connectivity index (χ0n) is 8.86. The fraction of sp³-hybridized carbons (Fsp3) is 0.364. The number of nitrogens with one attached hydrogen (secondary N) is 1. The van der Waals surface area contributed by atoms with Crippen molar-refractivity contribution in [3.05, 3.63) is 34.7 Å². The summed E-state index contributed by atoms with van der Waals surface area (Å²) in [4.78, 5) is 20.9. The second kappa shape index (κ2) is 5.24.